The van der Waals surface area contributed by atoms with Gasteiger partial charge in [0.25, 0.3) is 5.79 Å². The zero-order valence-electron chi connectivity index (χ0n) is 15.5. The highest BCUT2D eigenvalue weighted by Crippen LogP contribution is 2.39. The van der Waals surface area contributed by atoms with E-state index in [-0.39, 0.29) is 5.57 Å². The van der Waals surface area contributed by atoms with Gasteiger partial charge < -0.3 is 14.2 Å². The van der Waals surface area contributed by atoms with Gasteiger partial charge in [-0.05, 0) is 81.8 Å². The number of hydrogen-bond acceptors (Lipinski definition) is 5. The van der Waals surface area contributed by atoms with Crippen LogP contribution in [0, 0.1) is 7.14 Å². The minimum Gasteiger partial charge on any atom is -0.487 e. The maximum Gasteiger partial charge on any atom is 0.348 e. The lowest BCUT2D eigenvalue weighted by atomic mass is 10.1. The van der Waals surface area contributed by atoms with E-state index >= 15 is 0 Å². The van der Waals surface area contributed by atoms with Gasteiger partial charge in [0.2, 0.25) is 0 Å². The van der Waals surface area contributed by atoms with Gasteiger partial charge in [-0.1, -0.05) is 30.3 Å². The molecule has 4 rings (SSSR count). The Morgan fingerprint density at radius 2 is 1.66 bits per heavy atom. The fourth-order valence-electron chi connectivity index (χ4n) is 3.51. The minimum atomic E-state index is -1.07. The van der Waals surface area contributed by atoms with Crippen LogP contribution in [-0.4, -0.2) is 17.7 Å². The highest BCUT2D eigenvalue weighted by atomic mass is 127. The van der Waals surface area contributed by atoms with Crippen molar-refractivity contribution in [3.8, 4) is 5.75 Å². The van der Waals surface area contributed by atoms with E-state index in [0.29, 0.717) is 30.8 Å². The Balaban J connectivity index is 1.63. The van der Waals surface area contributed by atoms with Gasteiger partial charge in [-0.2, -0.15) is 0 Å². The van der Waals surface area contributed by atoms with E-state index in [9.17, 15) is 9.59 Å². The molecule has 0 aromatic heterocycles. The summed E-state index contributed by atoms with van der Waals surface area (Å²) in [7, 11) is 0. The van der Waals surface area contributed by atoms with Crippen LogP contribution in [0.4, 0.5) is 0 Å². The fraction of sp³-hybridized carbons (Fsp3) is 0.273. The molecule has 0 radical (unpaired) electrons. The van der Waals surface area contributed by atoms with E-state index in [1.807, 2.05) is 42.5 Å². The largest absolute Gasteiger partial charge is 0.487 e. The van der Waals surface area contributed by atoms with E-state index in [4.69, 9.17) is 14.2 Å². The lowest BCUT2D eigenvalue weighted by Gasteiger charge is -2.32. The zero-order chi connectivity index (χ0) is 20.4. The summed E-state index contributed by atoms with van der Waals surface area (Å²) in [6.45, 7) is 0.381. The number of rotatable bonds is 4. The molecule has 0 amide bonds. The van der Waals surface area contributed by atoms with Crippen LogP contribution >= 0.6 is 45.2 Å². The first-order chi connectivity index (χ1) is 14.0. The van der Waals surface area contributed by atoms with Gasteiger partial charge in [-0.15, -0.1) is 0 Å². The summed E-state index contributed by atoms with van der Waals surface area (Å²) >= 11 is 4.39. The van der Waals surface area contributed by atoms with E-state index < -0.39 is 17.7 Å². The first kappa shape index (κ1) is 20.6. The fourth-order valence-corrected chi connectivity index (χ4v) is 5.56. The number of esters is 2. The number of carbonyl (C=O) groups is 2. The van der Waals surface area contributed by atoms with Crippen molar-refractivity contribution in [2.45, 2.75) is 38.1 Å². The third kappa shape index (κ3) is 4.60. The van der Waals surface area contributed by atoms with Gasteiger partial charge in [-0.3, -0.25) is 0 Å². The molecule has 2 aliphatic rings. The molecule has 0 N–H and O–H groups in total. The van der Waals surface area contributed by atoms with Crippen molar-refractivity contribution in [3.63, 3.8) is 0 Å². The smallest absolute Gasteiger partial charge is 0.348 e. The summed E-state index contributed by atoms with van der Waals surface area (Å²) in [5.41, 5.74) is 1.56. The van der Waals surface area contributed by atoms with Crippen LogP contribution < -0.4 is 4.74 Å². The Bertz CT molecular complexity index is 956. The van der Waals surface area contributed by atoms with Crippen molar-refractivity contribution >= 4 is 63.2 Å². The lowest BCUT2D eigenvalue weighted by Crippen LogP contribution is -2.44. The predicted octanol–water partition coefficient (Wildman–Crippen LogP) is 5.23. The van der Waals surface area contributed by atoms with Gasteiger partial charge in [0.1, 0.15) is 17.9 Å². The lowest BCUT2D eigenvalue weighted by molar-refractivity contribution is -0.232. The Labute approximate surface area is 196 Å². The summed E-state index contributed by atoms with van der Waals surface area (Å²) in [6.07, 6.45) is 4.39. The number of ether oxygens (including phenoxy) is 3. The van der Waals surface area contributed by atoms with E-state index in [0.717, 1.165) is 25.5 Å². The molecule has 5 nitrogen and oxygen atoms in total. The van der Waals surface area contributed by atoms with Gasteiger partial charge in [-0.25, -0.2) is 9.59 Å². The highest BCUT2D eigenvalue weighted by molar-refractivity contribution is 14.1. The zero-order valence-corrected chi connectivity index (χ0v) is 19.8. The molecule has 1 spiro atoms. The summed E-state index contributed by atoms with van der Waals surface area (Å²) < 4.78 is 19.0. The van der Waals surface area contributed by atoms with Crippen LogP contribution in [0.15, 0.2) is 48.0 Å². The SMILES string of the molecule is O=C1OC2(CCCC2)OC(=O)C1=Cc1cc(I)cc(I)c1OCc1ccccc1. The molecule has 0 bridgehead atoms. The first-order valence-corrected chi connectivity index (χ1v) is 11.5. The molecule has 2 fully saturated rings. The molecule has 2 aromatic carbocycles. The normalized spacial score (nSPS) is 17.8. The highest BCUT2D eigenvalue weighted by Gasteiger charge is 2.48. The molecule has 1 heterocycles. The van der Waals surface area contributed by atoms with Crippen molar-refractivity contribution in [3.05, 3.63) is 66.3 Å². The molecule has 2 aromatic rings. The van der Waals surface area contributed by atoms with Gasteiger partial charge in [0.15, 0.2) is 0 Å². The molecule has 1 aliphatic heterocycles. The standard InChI is InChI=1S/C22H18I2O5/c23-16-10-15(19(18(24)12-16)27-13-14-6-2-1-3-7-14)11-17-20(25)28-22(29-21(17)26)8-4-5-9-22/h1-3,6-7,10-12H,4-5,8-9,13H2. The summed E-state index contributed by atoms with van der Waals surface area (Å²) in [5, 5.41) is 0. The Morgan fingerprint density at radius 1 is 1.00 bits per heavy atom. The maximum absolute atomic E-state index is 12.6. The van der Waals surface area contributed by atoms with Gasteiger partial charge >= 0.3 is 11.9 Å². The van der Waals surface area contributed by atoms with Crippen LogP contribution in [0.3, 0.4) is 0 Å². The van der Waals surface area contributed by atoms with E-state index in [1.165, 1.54) is 6.08 Å². The second-order valence-corrected chi connectivity index (χ2v) is 9.44. The van der Waals surface area contributed by atoms with Crippen molar-refractivity contribution in [1.29, 1.82) is 0 Å². The summed E-state index contributed by atoms with van der Waals surface area (Å²) in [5.74, 6) is -1.72. The van der Waals surface area contributed by atoms with Gasteiger partial charge in [0.05, 0.1) is 3.57 Å². The second kappa shape index (κ2) is 8.63. The molecule has 1 saturated carbocycles. The Hall–Kier alpha value is -1.62. The van der Waals surface area contributed by atoms with Crippen LogP contribution in [0.25, 0.3) is 6.08 Å². The number of hydrogen-bond donors (Lipinski definition) is 0. The van der Waals surface area contributed by atoms with E-state index in [1.54, 1.807) is 0 Å². The topological polar surface area (TPSA) is 61.8 Å². The van der Waals surface area contributed by atoms with Crippen LogP contribution in [-0.2, 0) is 25.7 Å². The molecule has 150 valence electrons. The maximum atomic E-state index is 12.6. The number of carbonyl (C=O) groups excluding carboxylic acids is 2. The third-order valence-corrected chi connectivity index (χ3v) is 6.35. The Morgan fingerprint density at radius 3 is 2.31 bits per heavy atom. The predicted molar refractivity (Wildman–Crippen MR) is 124 cm³/mol. The van der Waals surface area contributed by atoms with Crippen LogP contribution in [0.5, 0.6) is 5.75 Å². The van der Waals surface area contributed by atoms with Crippen molar-refractivity contribution in [2.75, 3.05) is 0 Å². The molecular weight excluding hydrogens is 598 g/mol. The molecule has 1 saturated heterocycles. The van der Waals surface area contributed by atoms with E-state index in [2.05, 4.69) is 45.2 Å². The minimum absolute atomic E-state index is 0.107. The molecule has 1 aliphatic carbocycles. The van der Waals surface area contributed by atoms with Crippen molar-refractivity contribution < 1.29 is 23.8 Å². The second-order valence-electron chi connectivity index (χ2n) is 7.04. The number of benzene rings is 2. The summed E-state index contributed by atoms with van der Waals surface area (Å²) in [6, 6.07) is 13.7. The molecular formula is C22H18I2O5. The van der Waals surface area contributed by atoms with Crippen molar-refractivity contribution in [1.82, 2.24) is 0 Å². The van der Waals surface area contributed by atoms with Crippen LogP contribution in [0.2, 0.25) is 0 Å². The molecule has 0 atom stereocenters. The van der Waals surface area contributed by atoms with Crippen LogP contribution in [0.1, 0.15) is 36.8 Å². The quantitative estimate of drug-likeness (QED) is 0.204. The molecule has 0 unspecified atom stereocenters. The summed E-state index contributed by atoms with van der Waals surface area (Å²) in [4.78, 5) is 25.2. The molecule has 7 heteroatoms. The van der Waals surface area contributed by atoms with Gasteiger partial charge in [0, 0.05) is 22.0 Å². The molecule has 29 heavy (non-hydrogen) atoms. The first-order valence-electron chi connectivity index (χ1n) is 9.30. The monoisotopic (exact) mass is 616 g/mol. The Kier molecular flexibility index (Phi) is 6.14. The average molecular weight is 616 g/mol. The average Bonchev–Trinajstić information content (AvgIpc) is 3.12. The third-order valence-electron chi connectivity index (χ3n) is 4.93. The number of halogens is 2. The van der Waals surface area contributed by atoms with Crippen molar-refractivity contribution in [2.24, 2.45) is 0 Å².